The summed E-state index contributed by atoms with van der Waals surface area (Å²) in [4.78, 5) is 30.6. The second-order valence-corrected chi connectivity index (χ2v) is 3.97. The van der Waals surface area contributed by atoms with Crippen LogP contribution < -0.4 is 5.32 Å². The molecule has 6 heteroatoms. The van der Waals surface area contributed by atoms with E-state index in [1.807, 2.05) is 0 Å². The average Bonchev–Trinajstić information content (AvgIpc) is 2.29. The first-order valence-electron chi connectivity index (χ1n) is 5.23. The smallest absolute Gasteiger partial charge is 0.329 e. The summed E-state index contributed by atoms with van der Waals surface area (Å²) >= 11 is 0. The van der Waals surface area contributed by atoms with Gasteiger partial charge in [-0.3, -0.25) is 4.79 Å². The molecule has 0 aromatic carbocycles. The number of carbonyl (C=O) groups excluding carboxylic acids is 1. The number of carboxylic acid groups (broad SMARTS) is 1. The molecule has 0 aliphatic heterocycles. The summed E-state index contributed by atoms with van der Waals surface area (Å²) < 4.78 is 0. The number of aryl methyl sites for hydroxylation is 1. The van der Waals surface area contributed by atoms with Crippen LogP contribution >= 0.6 is 0 Å². The van der Waals surface area contributed by atoms with Crippen LogP contribution in [0.2, 0.25) is 0 Å². The van der Waals surface area contributed by atoms with E-state index in [-0.39, 0.29) is 5.56 Å². The second kappa shape index (κ2) is 4.90. The predicted octanol–water partition coefficient (Wildman–Crippen LogP) is 0.768. The monoisotopic (exact) mass is 237 g/mol. The molecule has 1 rings (SSSR count). The summed E-state index contributed by atoms with van der Waals surface area (Å²) in [5, 5.41) is 11.5. The molecule has 1 heterocycles. The fourth-order valence-corrected chi connectivity index (χ4v) is 1.22. The van der Waals surface area contributed by atoms with Crippen molar-refractivity contribution in [2.24, 2.45) is 0 Å². The first-order chi connectivity index (χ1) is 7.90. The van der Waals surface area contributed by atoms with E-state index in [1.165, 1.54) is 19.4 Å². The van der Waals surface area contributed by atoms with Crippen molar-refractivity contribution in [3.8, 4) is 0 Å². The highest BCUT2D eigenvalue weighted by atomic mass is 16.4. The molecular weight excluding hydrogens is 222 g/mol. The van der Waals surface area contributed by atoms with E-state index in [9.17, 15) is 9.59 Å². The summed E-state index contributed by atoms with van der Waals surface area (Å²) in [6.07, 6.45) is 3.00. The molecule has 0 saturated carbocycles. The third-order valence-corrected chi connectivity index (χ3v) is 2.72. The lowest BCUT2D eigenvalue weighted by molar-refractivity contribution is -0.143. The van der Waals surface area contributed by atoms with E-state index in [1.54, 1.807) is 13.8 Å². The van der Waals surface area contributed by atoms with Crippen molar-refractivity contribution in [2.45, 2.75) is 32.7 Å². The number of amides is 1. The van der Waals surface area contributed by atoms with Gasteiger partial charge in [-0.25, -0.2) is 14.8 Å². The van der Waals surface area contributed by atoms with E-state index < -0.39 is 17.4 Å². The molecule has 0 aliphatic rings. The van der Waals surface area contributed by atoms with Crippen LogP contribution in [0.25, 0.3) is 0 Å². The van der Waals surface area contributed by atoms with Crippen LogP contribution in [0.5, 0.6) is 0 Å². The van der Waals surface area contributed by atoms with Crippen LogP contribution in [0.4, 0.5) is 0 Å². The van der Waals surface area contributed by atoms with Gasteiger partial charge in [0, 0.05) is 6.20 Å². The largest absolute Gasteiger partial charge is 0.480 e. The molecule has 1 atom stereocenters. The van der Waals surface area contributed by atoms with Gasteiger partial charge in [-0.15, -0.1) is 0 Å². The van der Waals surface area contributed by atoms with E-state index in [0.717, 1.165) is 0 Å². The van der Waals surface area contributed by atoms with Crippen LogP contribution in [0, 0.1) is 6.92 Å². The van der Waals surface area contributed by atoms with E-state index in [0.29, 0.717) is 12.1 Å². The number of carboxylic acids is 1. The number of nitrogens with one attached hydrogen (secondary N) is 1. The molecule has 0 bridgehead atoms. The van der Waals surface area contributed by atoms with Crippen LogP contribution in [0.1, 0.15) is 36.3 Å². The standard InChI is InChI=1S/C11H15N3O3/c1-4-11(3,10(16)17)14-9(15)8-5-12-6-13-7(8)2/h5-6H,4H2,1-3H3,(H,14,15)(H,16,17). The minimum Gasteiger partial charge on any atom is -0.480 e. The Labute approximate surface area is 99.1 Å². The maximum Gasteiger partial charge on any atom is 0.329 e. The summed E-state index contributed by atoms with van der Waals surface area (Å²) in [6, 6.07) is 0. The Bertz CT molecular complexity index is 447. The fraction of sp³-hybridized carbons (Fsp3) is 0.455. The zero-order valence-electron chi connectivity index (χ0n) is 10.0. The normalized spacial score (nSPS) is 13.8. The highest BCUT2D eigenvalue weighted by molar-refractivity contribution is 5.98. The van der Waals surface area contributed by atoms with Crippen molar-refractivity contribution >= 4 is 11.9 Å². The van der Waals surface area contributed by atoms with Crippen molar-refractivity contribution in [1.82, 2.24) is 15.3 Å². The first kappa shape index (κ1) is 13.1. The third-order valence-electron chi connectivity index (χ3n) is 2.72. The first-order valence-corrected chi connectivity index (χ1v) is 5.23. The van der Waals surface area contributed by atoms with Gasteiger partial charge in [0.1, 0.15) is 11.9 Å². The lowest BCUT2D eigenvalue weighted by Crippen LogP contribution is -2.51. The summed E-state index contributed by atoms with van der Waals surface area (Å²) in [6.45, 7) is 4.83. The number of rotatable bonds is 4. The summed E-state index contributed by atoms with van der Waals surface area (Å²) in [5.74, 6) is -1.54. The van der Waals surface area contributed by atoms with Gasteiger partial charge in [0.15, 0.2) is 0 Å². The average molecular weight is 237 g/mol. The van der Waals surface area contributed by atoms with E-state index in [2.05, 4.69) is 15.3 Å². The molecule has 6 nitrogen and oxygen atoms in total. The Hall–Kier alpha value is -1.98. The molecule has 1 amide bonds. The maximum atomic E-state index is 11.9. The summed E-state index contributed by atoms with van der Waals surface area (Å²) in [7, 11) is 0. The Kier molecular flexibility index (Phi) is 3.77. The number of aromatic nitrogens is 2. The Morgan fingerprint density at radius 1 is 1.53 bits per heavy atom. The minimum absolute atomic E-state index is 0.286. The van der Waals surface area contributed by atoms with E-state index >= 15 is 0 Å². The van der Waals surface area contributed by atoms with E-state index in [4.69, 9.17) is 5.11 Å². The highest BCUT2D eigenvalue weighted by Gasteiger charge is 2.33. The van der Waals surface area contributed by atoms with Crippen molar-refractivity contribution in [2.75, 3.05) is 0 Å². The molecule has 0 fully saturated rings. The lowest BCUT2D eigenvalue weighted by atomic mass is 9.98. The molecule has 1 aromatic heterocycles. The third kappa shape index (κ3) is 2.77. The van der Waals surface area contributed by atoms with Gasteiger partial charge in [0.05, 0.1) is 11.3 Å². The van der Waals surface area contributed by atoms with Crippen LogP contribution in [0.15, 0.2) is 12.5 Å². The molecule has 0 aliphatic carbocycles. The predicted molar refractivity (Wildman–Crippen MR) is 60.6 cm³/mol. The number of hydrogen-bond acceptors (Lipinski definition) is 4. The van der Waals surface area contributed by atoms with Crippen LogP contribution in [0.3, 0.4) is 0 Å². The van der Waals surface area contributed by atoms with Crippen molar-refractivity contribution in [1.29, 1.82) is 0 Å². The number of carbonyl (C=O) groups is 2. The molecular formula is C11H15N3O3. The Morgan fingerprint density at radius 3 is 2.65 bits per heavy atom. The minimum atomic E-state index is -1.28. The molecule has 0 radical (unpaired) electrons. The molecule has 0 saturated heterocycles. The number of aliphatic carboxylic acids is 1. The van der Waals surface area contributed by atoms with Gasteiger partial charge in [-0.2, -0.15) is 0 Å². The van der Waals surface area contributed by atoms with Gasteiger partial charge in [-0.1, -0.05) is 6.92 Å². The number of nitrogens with zero attached hydrogens (tertiary/aromatic N) is 2. The van der Waals surface area contributed by atoms with Crippen LogP contribution in [-0.4, -0.2) is 32.5 Å². The van der Waals surface area contributed by atoms with Gasteiger partial charge in [0.2, 0.25) is 0 Å². The zero-order chi connectivity index (χ0) is 13.1. The van der Waals surface area contributed by atoms with Gasteiger partial charge in [-0.05, 0) is 20.3 Å². The second-order valence-electron chi connectivity index (χ2n) is 3.97. The lowest BCUT2D eigenvalue weighted by Gasteiger charge is -2.24. The number of hydrogen-bond donors (Lipinski definition) is 2. The Balaban J connectivity index is 2.93. The Morgan fingerprint density at radius 2 is 2.18 bits per heavy atom. The van der Waals surface area contributed by atoms with Crippen molar-refractivity contribution in [3.05, 3.63) is 23.8 Å². The van der Waals surface area contributed by atoms with Gasteiger partial charge in [0.25, 0.3) is 5.91 Å². The fourth-order valence-electron chi connectivity index (χ4n) is 1.22. The van der Waals surface area contributed by atoms with Gasteiger partial charge < -0.3 is 10.4 Å². The van der Waals surface area contributed by atoms with Gasteiger partial charge >= 0.3 is 5.97 Å². The molecule has 1 aromatic rings. The molecule has 0 spiro atoms. The van der Waals surface area contributed by atoms with Crippen molar-refractivity contribution < 1.29 is 14.7 Å². The topological polar surface area (TPSA) is 92.2 Å². The molecule has 2 N–H and O–H groups in total. The molecule has 1 unspecified atom stereocenters. The molecule has 92 valence electrons. The quantitative estimate of drug-likeness (QED) is 0.806. The molecule has 17 heavy (non-hydrogen) atoms. The maximum absolute atomic E-state index is 11.9. The van der Waals surface area contributed by atoms with Crippen LogP contribution in [-0.2, 0) is 4.79 Å². The SMILES string of the molecule is CCC(C)(NC(=O)c1cncnc1C)C(=O)O. The van der Waals surface area contributed by atoms with Crippen molar-refractivity contribution in [3.63, 3.8) is 0 Å². The highest BCUT2D eigenvalue weighted by Crippen LogP contribution is 2.11. The zero-order valence-corrected chi connectivity index (χ0v) is 10.0. The summed E-state index contributed by atoms with van der Waals surface area (Å²) in [5.41, 5.74) is -0.478.